The van der Waals surface area contributed by atoms with Crippen LogP contribution in [0.4, 0.5) is 4.39 Å². The highest BCUT2D eigenvalue weighted by molar-refractivity contribution is 5.11. The van der Waals surface area contributed by atoms with Gasteiger partial charge in [0, 0.05) is 13.1 Å². The van der Waals surface area contributed by atoms with Crippen molar-refractivity contribution in [3.63, 3.8) is 0 Å². The third kappa shape index (κ3) is 1.03. The summed E-state index contributed by atoms with van der Waals surface area (Å²) in [6.07, 6.45) is 1.27. The number of aromatic nitrogens is 1. The maximum atomic E-state index is 11.9. The molecule has 1 aromatic heterocycles. The number of halogens is 1. The SMILES string of the molecule is [CH]c1ccc(F)nc1. The van der Waals surface area contributed by atoms with Gasteiger partial charge >= 0.3 is 0 Å². The van der Waals surface area contributed by atoms with Gasteiger partial charge in [-0.05, 0) is 11.6 Å². The molecular formula is C6H4FN. The summed E-state index contributed by atoms with van der Waals surface area (Å²) in [6, 6.07) is 2.68. The predicted molar refractivity (Wildman–Crippen MR) is 27.6 cm³/mol. The van der Waals surface area contributed by atoms with E-state index in [1.165, 1.54) is 18.3 Å². The van der Waals surface area contributed by atoms with Gasteiger partial charge in [-0.2, -0.15) is 4.39 Å². The second kappa shape index (κ2) is 1.90. The van der Waals surface area contributed by atoms with Gasteiger partial charge in [0.25, 0.3) is 0 Å². The van der Waals surface area contributed by atoms with E-state index in [4.69, 9.17) is 6.92 Å². The zero-order valence-electron chi connectivity index (χ0n) is 4.13. The lowest BCUT2D eigenvalue weighted by atomic mass is 10.3. The predicted octanol–water partition coefficient (Wildman–Crippen LogP) is 1.28. The van der Waals surface area contributed by atoms with Crippen LogP contribution in [0.5, 0.6) is 0 Å². The minimum atomic E-state index is -0.501. The molecule has 0 bridgehead atoms. The topological polar surface area (TPSA) is 12.9 Å². The fraction of sp³-hybridized carbons (Fsp3) is 0. The van der Waals surface area contributed by atoms with Gasteiger partial charge in [0.2, 0.25) is 5.95 Å². The van der Waals surface area contributed by atoms with Gasteiger partial charge < -0.3 is 0 Å². The number of rotatable bonds is 0. The van der Waals surface area contributed by atoms with Crippen LogP contribution >= 0.6 is 0 Å². The molecule has 0 spiro atoms. The normalized spacial score (nSPS) is 9.25. The summed E-state index contributed by atoms with van der Waals surface area (Å²) in [5.41, 5.74) is 0.478. The monoisotopic (exact) mass is 109 g/mol. The second-order valence-electron chi connectivity index (χ2n) is 1.41. The number of hydrogen-bond donors (Lipinski definition) is 0. The van der Waals surface area contributed by atoms with Crippen LogP contribution < -0.4 is 0 Å². The molecule has 2 heteroatoms. The van der Waals surface area contributed by atoms with Crippen LogP contribution in [-0.4, -0.2) is 4.98 Å². The van der Waals surface area contributed by atoms with Gasteiger partial charge in [0.05, 0.1) is 0 Å². The van der Waals surface area contributed by atoms with Crippen molar-refractivity contribution in [2.45, 2.75) is 0 Å². The van der Waals surface area contributed by atoms with Crippen LogP contribution in [0.1, 0.15) is 5.56 Å². The highest BCUT2D eigenvalue weighted by Crippen LogP contribution is 1.94. The van der Waals surface area contributed by atoms with Gasteiger partial charge in [0.1, 0.15) is 0 Å². The average Bonchev–Trinajstić information content (AvgIpc) is 1.77. The fourth-order valence-electron chi connectivity index (χ4n) is 0.387. The standard InChI is InChI=1S/C6H4FN/c1-5-2-3-6(7)8-4-5/h1-4H. The van der Waals surface area contributed by atoms with E-state index in [0.717, 1.165) is 0 Å². The Balaban J connectivity index is 3.03. The average molecular weight is 109 g/mol. The van der Waals surface area contributed by atoms with Crippen LogP contribution in [0.25, 0.3) is 0 Å². The lowest BCUT2D eigenvalue weighted by Gasteiger charge is -1.85. The van der Waals surface area contributed by atoms with Crippen LogP contribution in [0.15, 0.2) is 18.3 Å². The van der Waals surface area contributed by atoms with Gasteiger partial charge in [-0.3, -0.25) is 0 Å². The first-order valence-electron chi connectivity index (χ1n) is 2.16. The van der Waals surface area contributed by atoms with E-state index in [9.17, 15) is 4.39 Å². The smallest absolute Gasteiger partial charge is 0.212 e. The highest BCUT2D eigenvalue weighted by Gasteiger charge is 1.85. The van der Waals surface area contributed by atoms with E-state index in [2.05, 4.69) is 4.98 Å². The van der Waals surface area contributed by atoms with Crippen LogP contribution in [-0.2, 0) is 0 Å². The van der Waals surface area contributed by atoms with Crippen molar-refractivity contribution < 1.29 is 4.39 Å². The summed E-state index contributed by atoms with van der Waals surface area (Å²) in [6.45, 7) is 5.20. The fourth-order valence-corrected chi connectivity index (χ4v) is 0.387. The molecule has 0 atom stereocenters. The van der Waals surface area contributed by atoms with Crippen molar-refractivity contribution >= 4 is 0 Å². The lowest BCUT2D eigenvalue weighted by Crippen LogP contribution is -1.79. The van der Waals surface area contributed by atoms with Crippen molar-refractivity contribution in [2.24, 2.45) is 0 Å². The zero-order valence-corrected chi connectivity index (χ0v) is 4.13. The Morgan fingerprint density at radius 1 is 1.50 bits per heavy atom. The summed E-state index contributed by atoms with van der Waals surface area (Å²) >= 11 is 0. The molecule has 0 aliphatic carbocycles. The zero-order chi connectivity index (χ0) is 5.98. The highest BCUT2D eigenvalue weighted by atomic mass is 19.1. The van der Waals surface area contributed by atoms with E-state index >= 15 is 0 Å². The molecule has 1 aromatic rings. The maximum Gasteiger partial charge on any atom is 0.212 e. The third-order valence-corrected chi connectivity index (χ3v) is 0.750. The van der Waals surface area contributed by atoms with Gasteiger partial charge in [-0.25, -0.2) is 4.98 Å². The molecule has 8 heavy (non-hydrogen) atoms. The molecule has 0 aliphatic heterocycles. The second-order valence-corrected chi connectivity index (χ2v) is 1.41. The third-order valence-electron chi connectivity index (χ3n) is 0.750. The molecule has 0 saturated carbocycles. The molecule has 0 fully saturated rings. The Morgan fingerprint density at radius 2 is 2.25 bits per heavy atom. The summed E-state index contributed by atoms with van der Waals surface area (Å²) in [5, 5.41) is 0. The first kappa shape index (κ1) is 5.22. The largest absolute Gasteiger partial charge is 0.228 e. The molecule has 2 radical (unpaired) electrons. The van der Waals surface area contributed by atoms with E-state index in [1.54, 1.807) is 0 Å². The summed E-state index contributed by atoms with van der Waals surface area (Å²) < 4.78 is 11.9. The molecule has 0 amide bonds. The Kier molecular flexibility index (Phi) is 1.24. The quantitative estimate of drug-likeness (QED) is 0.457. The molecule has 0 aliphatic rings. The van der Waals surface area contributed by atoms with E-state index in [1.807, 2.05) is 0 Å². The number of nitrogens with zero attached hydrogens (tertiary/aromatic N) is 1. The van der Waals surface area contributed by atoms with Crippen molar-refractivity contribution in [3.05, 3.63) is 36.8 Å². The molecule has 0 saturated heterocycles. The molecule has 0 aromatic carbocycles. The van der Waals surface area contributed by atoms with Gasteiger partial charge in [-0.15, -0.1) is 0 Å². The van der Waals surface area contributed by atoms with Crippen molar-refractivity contribution in [3.8, 4) is 0 Å². The van der Waals surface area contributed by atoms with Gasteiger partial charge in [-0.1, -0.05) is 6.07 Å². The lowest BCUT2D eigenvalue weighted by molar-refractivity contribution is 0.583. The summed E-state index contributed by atoms with van der Waals surface area (Å²) in [7, 11) is 0. The maximum absolute atomic E-state index is 11.9. The summed E-state index contributed by atoms with van der Waals surface area (Å²) in [5.74, 6) is -0.501. The first-order valence-corrected chi connectivity index (χ1v) is 2.16. The Hall–Kier alpha value is -0.920. The molecule has 1 heterocycles. The number of pyridine rings is 1. The van der Waals surface area contributed by atoms with Crippen molar-refractivity contribution in [1.82, 2.24) is 4.98 Å². The van der Waals surface area contributed by atoms with Crippen molar-refractivity contribution in [1.29, 1.82) is 0 Å². The van der Waals surface area contributed by atoms with E-state index in [-0.39, 0.29) is 0 Å². The van der Waals surface area contributed by atoms with Gasteiger partial charge in [0.15, 0.2) is 0 Å². The van der Waals surface area contributed by atoms with E-state index < -0.39 is 5.95 Å². The molecule has 1 rings (SSSR count). The van der Waals surface area contributed by atoms with Crippen LogP contribution in [0.2, 0.25) is 0 Å². The Morgan fingerprint density at radius 3 is 2.62 bits per heavy atom. The van der Waals surface area contributed by atoms with Crippen molar-refractivity contribution in [2.75, 3.05) is 0 Å². The molecular weight excluding hydrogens is 105 g/mol. The molecule has 0 unspecified atom stereocenters. The molecule has 1 nitrogen and oxygen atoms in total. The Labute approximate surface area is 47.2 Å². The van der Waals surface area contributed by atoms with Crippen LogP contribution in [0, 0.1) is 12.9 Å². The van der Waals surface area contributed by atoms with E-state index in [0.29, 0.717) is 5.56 Å². The summed E-state index contributed by atoms with van der Waals surface area (Å²) in [4.78, 5) is 3.29. The Bertz CT molecular complexity index is 147. The van der Waals surface area contributed by atoms with Crippen LogP contribution in [0.3, 0.4) is 0 Å². The molecule has 40 valence electrons. The molecule has 0 N–H and O–H groups in total. The number of hydrogen-bond acceptors (Lipinski definition) is 1. The first-order chi connectivity index (χ1) is 3.79. The minimum absolute atomic E-state index is 0.478. The minimum Gasteiger partial charge on any atom is -0.228 e.